The minimum absolute atomic E-state index is 0.332. The number of benzene rings is 1. The molecule has 0 saturated carbocycles. The molecule has 0 fully saturated rings. The molecule has 0 atom stereocenters. The summed E-state index contributed by atoms with van der Waals surface area (Å²) in [5, 5.41) is 9.48. The largest absolute Gasteiger partial charge is 0.256 e. The van der Waals surface area contributed by atoms with Gasteiger partial charge in [0.2, 0.25) is 0 Å². The Morgan fingerprint density at radius 1 is 1.11 bits per heavy atom. The Kier molecular flexibility index (Phi) is 2.66. The zero-order chi connectivity index (χ0) is 13.2. The van der Waals surface area contributed by atoms with Crippen LogP contribution in [-0.4, -0.2) is 9.97 Å². The monoisotopic (exact) mass is 249 g/mol. The molecule has 19 heavy (non-hydrogen) atoms. The summed E-state index contributed by atoms with van der Waals surface area (Å²) < 4.78 is 13.6. The number of rotatable bonds is 1. The zero-order valence-corrected chi connectivity index (χ0v) is 9.84. The van der Waals surface area contributed by atoms with Gasteiger partial charge in [-0.3, -0.25) is 9.97 Å². The van der Waals surface area contributed by atoms with Crippen LogP contribution < -0.4 is 0 Å². The highest BCUT2D eigenvalue weighted by Crippen LogP contribution is 2.26. The van der Waals surface area contributed by atoms with Gasteiger partial charge < -0.3 is 0 Å². The second-order valence-electron chi connectivity index (χ2n) is 4.07. The Morgan fingerprint density at radius 3 is 2.74 bits per heavy atom. The second-order valence-corrected chi connectivity index (χ2v) is 4.07. The highest BCUT2D eigenvalue weighted by Gasteiger charge is 2.08. The van der Waals surface area contributed by atoms with Crippen LogP contribution in [0.1, 0.15) is 5.56 Å². The highest BCUT2D eigenvalue weighted by molar-refractivity contribution is 5.92. The third-order valence-electron chi connectivity index (χ3n) is 2.84. The smallest absolute Gasteiger partial charge is 0.124 e. The van der Waals surface area contributed by atoms with Crippen molar-refractivity contribution < 1.29 is 4.39 Å². The normalized spacial score (nSPS) is 10.3. The molecule has 3 nitrogen and oxygen atoms in total. The van der Waals surface area contributed by atoms with Gasteiger partial charge in [-0.05, 0) is 30.3 Å². The van der Waals surface area contributed by atoms with Gasteiger partial charge in [-0.2, -0.15) is 5.26 Å². The summed E-state index contributed by atoms with van der Waals surface area (Å²) in [6.07, 6.45) is 3.13. The van der Waals surface area contributed by atoms with E-state index in [1.807, 2.05) is 6.07 Å². The van der Waals surface area contributed by atoms with Crippen molar-refractivity contribution in [2.24, 2.45) is 0 Å². The lowest BCUT2D eigenvalue weighted by molar-refractivity contribution is 0.630. The van der Waals surface area contributed by atoms with E-state index in [1.54, 1.807) is 30.5 Å². The summed E-state index contributed by atoms with van der Waals surface area (Å²) in [6, 6.07) is 11.8. The van der Waals surface area contributed by atoms with E-state index in [9.17, 15) is 4.39 Å². The molecule has 0 unspecified atom stereocenters. The van der Waals surface area contributed by atoms with Gasteiger partial charge in [0.1, 0.15) is 11.9 Å². The van der Waals surface area contributed by atoms with Gasteiger partial charge in [0.25, 0.3) is 0 Å². The highest BCUT2D eigenvalue weighted by atomic mass is 19.1. The van der Waals surface area contributed by atoms with Gasteiger partial charge >= 0.3 is 0 Å². The predicted molar refractivity (Wildman–Crippen MR) is 69.6 cm³/mol. The standard InChI is InChI=1S/C15H8FN3/c16-12-6-11-2-1-5-18-15(11)13(7-12)14-4-3-10(8-17)9-19-14/h1-7,9H. The van der Waals surface area contributed by atoms with Crippen LogP contribution in [0.15, 0.2) is 48.8 Å². The maximum absolute atomic E-state index is 13.6. The number of nitriles is 1. The van der Waals surface area contributed by atoms with E-state index < -0.39 is 0 Å². The van der Waals surface area contributed by atoms with Crippen molar-refractivity contribution in [1.29, 1.82) is 5.26 Å². The molecule has 90 valence electrons. The average Bonchev–Trinajstić information content (AvgIpc) is 2.46. The molecule has 0 spiro atoms. The molecule has 4 heteroatoms. The number of pyridine rings is 2. The first-order valence-electron chi connectivity index (χ1n) is 5.69. The lowest BCUT2D eigenvalue weighted by atomic mass is 10.1. The number of halogens is 1. The topological polar surface area (TPSA) is 49.6 Å². The quantitative estimate of drug-likeness (QED) is 0.664. The minimum Gasteiger partial charge on any atom is -0.256 e. The molecular weight excluding hydrogens is 241 g/mol. The Morgan fingerprint density at radius 2 is 2.00 bits per heavy atom. The van der Waals surface area contributed by atoms with E-state index in [2.05, 4.69) is 9.97 Å². The second kappa shape index (κ2) is 4.46. The first kappa shape index (κ1) is 11.3. The van der Waals surface area contributed by atoms with Crippen molar-refractivity contribution in [3.63, 3.8) is 0 Å². The maximum Gasteiger partial charge on any atom is 0.124 e. The molecule has 3 rings (SSSR count). The average molecular weight is 249 g/mol. The zero-order valence-electron chi connectivity index (χ0n) is 9.84. The summed E-state index contributed by atoms with van der Waals surface area (Å²) in [7, 11) is 0. The summed E-state index contributed by atoms with van der Waals surface area (Å²) in [5.74, 6) is -0.332. The van der Waals surface area contributed by atoms with E-state index in [0.717, 1.165) is 5.39 Å². The van der Waals surface area contributed by atoms with E-state index in [0.29, 0.717) is 22.3 Å². The minimum atomic E-state index is -0.332. The molecule has 0 aliphatic heterocycles. The lowest BCUT2D eigenvalue weighted by Crippen LogP contribution is -1.90. The molecule has 0 bridgehead atoms. The van der Waals surface area contributed by atoms with Crippen LogP contribution in [0.25, 0.3) is 22.2 Å². The number of nitrogens with zero attached hydrogens (tertiary/aromatic N) is 3. The predicted octanol–water partition coefficient (Wildman–Crippen LogP) is 3.31. The molecule has 1 aromatic carbocycles. The molecule has 0 aliphatic rings. The fraction of sp³-hybridized carbons (Fsp3) is 0. The van der Waals surface area contributed by atoms with Gasteiger partial charge in [0, 0.05) is 23.3 Å². The first-order valence-corrected chi connectivity index (χ1v) is 5.69. The maximum atomic E-state index is 13.6. The fourth-order valence-corrected chi connectivity index (χ4v) is 1.97. The van der Waals surface area contributed by atoms with Crippen molar-refractivity contribution in [1.82, 2.24) is 9.97 Å². The molecule has 0 N–H and O–H groups in total. The Hall–Kier alpha value is -2.80. The van der Waals surface area contributed by atoms with Crippen molar-refractivity contribution in [2.75, 3.05) is 0 Å². The van der Waals surface area contributed by atoms with Crippen LogP contribution in [-0.2, 0) is 0 Å². The molecule has 0 aliphatic carbocycles. The van der Waals surface area contributed by atoms with Crippen LogP contribution in [0, 0.1) is 17.1 Å². The van der Waals surface area contributed by atoms with Crippen molar-refractivity contribution in [3.8, 4) is 17.3 Å². The molecule has 2 heterocycles. The molecule has 3 aromatic rings. The SMILES string of the molecule is N#Cc1ccc(-c2cc(F)cc3cccnc23)nc1. The third kappa shape index (κ3) is 2.02. The number of fused-ring (bicyclic) bond motifs is 1. The molecule has 0 saturated heterocycles. The van der Waals surface area contributed by atoms with Crippen LogP contribution in [0.4, 0.5) is 4.39 Å². The van der Waals surface area contributed by atoms with Crippen molar-refractivity contribution in [3.05, 3.63) is 60.2 Å². The van der Waals surface area contributed by atoms with E-state index in [-0.39, 0.29) is 5.82 Å². The van der Waals surface area contributed by atoms with E-state index >= 15 is 0 Å². The van der Waals surface area contributed by atoms with E-state index in [1.165, 1.54) is 18.3 Å². The Labute approximate surface area is 109 Å². The van der Waals surface area contributed by atoms with Gasteiger partial charge in [-0.1, -0.05) is 6.07 Å². The Balaban J connectivity index is 2.26. The van der Waals surface area contributed by atoms with Gasteiger partial charge in [-0.25, -0.2) is 4.39 Å². The molecule has 0 radical (unpaired) electrons. The number of hydrogen-bond donors (Lipinski definition) is 0. The summed E-state index contributed by atoms with van der Waals surface area (Å²) in [6.45, 7) is 0. The molecular formula is C15H8FN3. The third-order valence-corrected chi connectivity index (χ3v) is 2.84. The van der Waals surface area contributed by atoms with E-state index in [4.69, 9.17) is 5.26 Å². The van der Waals surface area contributed by atoms with Crippen LogP contribution in [0.2, 0.25) is 0 Å². The van der Waals surface area contributed by atoms with Gasteiger partial charge in [0.05, 0.1) is 16.8 Å². The van der Waals surface area contributed by atoms with Crippen LogP contribution in [0.3, 0.4) is 0 Å². The fourth-order valence-electron chi connectivity index (χ4n) is 1.97. The first-order chi connectivity index (χ1) is 9.28. The van der Waals surface area contributed by atoms with Gasteiger partial charge in [0.15, 0.2) is 0 Å². The molecule has 2 aromatic heterocycles. The summed E-state index contributed by atoms with van der Waals surface area (Å²) >= 11 is 0. The molecule has 0 amide bonds. The van der Waals surface area contributed by atoms with Crippen molar-refractivity contribution >= 4 is 10.9 Å². The van der Waals surface area contributed by atoms with Crippen molar-refractivity contribution in [2.45, 2.75) is 0 Å². The summed E-state index contributed by atoms with van der Waals surface area (Å²) in [4.78, 5) is 8.45. The van der Waals surface area contributed by atoms with Crippen LogP contribution in [0.5, 0.6) is 0 Å². The number of aromatic nitrogens is 2. The Bertz CT molecular complexity index is 789. The summed E-state index contributed by atoms with van der Waals surface area (Å²) in [5.41, 5.74) is 2.39. The number of hydrogen-bond acceptors (Lipinski definition) is 3. The van der Waals surface area contributed by atoms with Gasteiger partial charge in [-0.15, -0.1) is 0 Å². The lowest BCUT2D eigenvalue weighted by Gasteiger charge is -2.05. The van der Waals surface area contributed by atoms with Crippen LogP contribution >= 0.6 is 0 Å².